The number of hydrogen-bond acceptors (Lipinski definition) is 3. The molecule has 4 nitrogen and oxygen atoms in total. The van der Waals surface area contributed by atoms with E-state index in [0.29, 0.717) is 5.22 Å². The fourth-order valence-corrected chi connectivity index (χ4v) is 3.69. The van der Waals surface area contributed by atoms with Crippen molar-refractivity contribution in [1.29, 1.82) is 0 Å². The minimum atomic E-state index is -0.334. The van der Waals surface area contributed by atoms with Crippen molar-refractivity contribution < 1.29 is 4.92 Å². The van der Waals surface area contributed by atoms with Crippen LogP contribution in [0.3, 0.4) is 0 Å². The van der Waals surface area contributed by atoms with Crippen molar-refractivity contribution in [3.05, 3.63) is 72.4 Å². The Labute approximate surface area is 127 Å². The lowest BCUT2D eigenvalue weighted by Gasteiger charge is -2.20. The fraction of sp³-hybridized carbons (Fsp3) is 0.222. The molecule has 0 bridgehead atoms. The molecule has 110 valence electrons. The zero-order valence-corrected chi connectivity index (χ0v) is 12.1. The Morgan fingerprint density at radius 3 is 2.86 bits per heavy atom. The molecule has 0 radical (unpaired) electrons. The van der Waals surface area contributed by atoms with Gasteiger partial charge in [0.15, 0.2) is 0 Å². The van der Waals surface area contributed by atoms with E-state index in [9.17, 15) is 10.1 Å². The topological polar surface area (TPSA) is 69.2 Å². The summed E-state index contributed by atoms with van der Waals surface area (Å²) in [5, 5.41) is 15.1. The molecule has 2 aromatic carbocycles. The van der Waals surface area contributed by atoms with Gasteiger partial charge in [0.2, 0.25) is 0 Å². The number of non-ortho nitro benzene ring substituents is 1. The van der Waals surface area contributed by atoms with Crippen molar-refractivity contribution in [3.63, 3.8) is 0 Å². The van der Waals surface area contributed by atoms with Crippen LogP contribution in [0.15, 0.2) is 30.3 Å². The van der Waals surface area contributed by atoms with Crippen LogP contribution in [0, 0.1) is 20.6 Å². The van der Waals surface area contributed by atoms with Gasteiger partial charge in [-0.25, -0.2) is 0 Å². The van der Waals surface area contributed by atoms with Crippen LogP contribution in [0.1, 0.15) is 30.0 Å². The number of rotatable bonds is 1. The van der Waals surface area contributed by atoms with Gasteiger partial charge in [-0.1, -0.05) is 30.3 Å². The first-order chi connectivity index (χ1) is 10.7. The van der Waals surface area contributed by atoms with Gasteiger partial charge < -0.3 is 5.73 Å². The van der Waals surface area contributed by atoms with Gasteiger partial charge in [0.05, 0.1) is 16.2 Å². The quantitative estimate of drug-likeness (QED) is 0.643. The molecule has 2 aliphatic carbocycles. The van der Waals surface area contributed by atoms with Crippen molar-refractivity contribution >= 4 is 17.8 Å². The van der Waals surface area contributed by atoms with E-state index in [1.54, 1.807) is 12.1 Å². The summed E-state index contributed by atoms with van der Waals surface area (Å²) in [6.45, 7) is 0. The van der Waals surface area contributed by atoms with Crippen LogP contribution in [0.2, 0.25) is 0 Å². The number of nitro benzene ring substituents is 1. The van der Waals surface area contributed by atoms with Gasteiger partial charge in [-0.2, -0.15) is 0 Å². The first-order valence-electron chi connectivity index (χ1n) is 7.54. The Balaban J connectivity index is 2.24. The monoisotopic (exact) mass is 292 g/mol. The largest absolute Gasteiger partial charge is 0.321 e. The van der Waals surface area contributed by atoms with Crippen LogP contribution in [-0.2, 0) is 6.42 Å². The van der Waals surface area contributed by atoms with Gasteiger partial charge in [0.1, 0.15) is 0 Å². The van der Waals surface area contributed by atoms with Crippen LogP contribution in [-0.4, -0.2) is 4.92 Å². The Kier molecular flexibility index (Phi) is 2.87. The maximum absolute atomic E-state index is 11.3. The SMILES string of the molecule is NC1C=c2c([N+](=O)[O-])cccc2=c2ccc3c(c21)CCCC=3. The third-order valence-corrected chi connectivity index (χ3v) is 4.64. The van der Waals surface area contributed by atoms with Gasteiger partial charge in [-0.05, 0) is 52.1 Å². The molecule has 0 saturated carbocycles. The highest BCUT2D eigenvalue weighted by Crippen LogP contribution is 2.24. The molecule has 0 amide bonds. The molecule has 0 fully saturated rings. The predicted molar refractivity (Wildman–Crippen MR) is 85.3 cm³/mol. The van der Waals surface area contributed by atoms with E-state index in [0.717, 1.165) is 35.3 Å². The summed E-state index contributed by atoms with van der Waals surface area (Å²) in [4.78, 5) is 10.9. The molecule has 0 spiro atoms. The lowest BCUT2D eigenvalue weighted by Crippen LogP contribution is -2.26. The van der Waals surface area contributed by atoms with E-state index in [-0.39, 0.29) is 16.7 Å². The van der Waals surface area contributed by atoms with Crippen molar-refractivity contribution in [2.24, 2.45) is 5.73 Å². The molecular formula is C18H16N2O2. The second kappa shape index (κ2) is 4.78. The second-order valence-corrected chi connectivity index (χ2v) is 5.88. The highest BCUT2D eigenvalue weighted by Gasteiger charge is 2.20. The summed E-state index contributed by atoms with van der Waals surface area (Å²) >= 11 is 0. The number of fused-ring (bicyclic) bond motifs is 4. The standard InChI is InChI=1S/C18H16N2O2/c19-16-10-15-13(6-3-7-17(15)20(21)22)14-9-8-11-4-1-2-5-12(11)18(14)16/h3-4,6-10,16H,1-2,5,19H2. The van der Waals surface area contributed by atoms with Crippen LogP contribution >= 0.6 is 0 Å². The van der Waals surface area contributed by atoms with Gasteiger partial charge >= 0.3 is 0 Å². The number of nitrogens with two attached hydrogens (primary N) is 1. The summed E-state index contributed by atoms with van der Waals surface area (Å²) in [5.41, 5.74) is 8.94. The molecule has 4 rings (SSSR count). The van der Waals surface area contributed by atoms with Crippen LogP contribution < -0.4 is 16.2 Å². The van der Waals surface area contributed by atoms with Crippen molar-refractivity contribution in [1.82, 2.24) is 0 Å². The molecule has 0 saturated heterocycles. The van der Waals surface area contributed by atoms with Crippen molar-refractivity contribution in [2.75, 3.05) is 0 Å². The van der Waals surface area contributed by atoms with Crippen molar-refractivity contribution in [3.8, 4) is 0 Å². The maximum Gasteiger partial charge on any atom is 0.276 e. The highest BCUT2D eigenvalue weighted by molar-refractivity contribution is 5.54. The Bertz CT molecular complexity index is 1010. The van der Waals surface area contributed by atoms with Crippen LogP contribution in [0.5, 0.6) is 0 Å². The van der Waals surface area contributed by atoms with Crippen molar-refractivity contribution in [2.45, 2.75) is 25.3 Å². The average Bonchev–Trinajstić information content (AvgIpc) is 2.53. The van der Waals surface area contributed by atoms with E-state index in [1.165, 1.54) is 10.8 Å². The Morgan fingerprint density at radius 1 is 1.18 bits per heavy atom. The molecule has 1 atom stereocenters. The van der Waals surface area contributed by atoms with Gasteiger partial charge in [0.25, 0.3) is 5.69 Å². The van der Waals surface area contributed by atoms with E-state index >= 15 is 0 Å². The third-order valence-electron chi connectivity index (χ3n) is 4.64. The number of hydrogen-bond donors (Lipinski definition) is 1. The number of nitrogens with zero attached hydrogens (tertiary/aromatic N) is 1. The molecule has 2 aromatic rings. The minimum absolute atomic E-state index is 0.128. The minimum Gasteiger partial charge on any atom is -0.321 e. The molecule has 0 heterocycles. The van der Waals surface area contributed by atoms with Gasteiger partial charge in [-0.3, -0.25) is 10.1 Å². The summed E-state index contributed by atoms with van der Waals surface area (Å²) in [5.74, 6) is 0. The summed E-state index contributed by atoms with van der Waals surface area (Å²) in [6.07, 6.45) is 7.37. The normalized spacial score (nSPS) is 18.3. The maximum atomic E-state index is 11.3. The zero-order chi connectivity index (χ0) is 15.3. The lowest BCUT2D eigenvalue weighted by molar-refractivity contribution is -0.386. The molecule has 1 unspecified atom stereocenters. The van der Waals surface area contributed by atoms with E-state index in [1.807, 2.05) is 12.1 Å². The first-order valence-corrected chi connectivity index (χ1v) is 7.54. The molecule has 0 aliphatic heterocycles. The molecule has 2 aliphatic rings. The molecule has 2 N–H and O–H groups in total. The fourth-order valence-electron chi connectivity index (χ4n) is 3.69. The molecule has 4 heteroatoms. The van der Waals surface area contributed by atoms with E-state index < -0.39 is 0 Å². The molecule has 0 aromatic heterocycles. The smallest absolute Gasteiger partial charge is 0.276 e. The summed E-state index contributed by atoms with van der Waals surface area (Å²) in [7, 11) is 0. The summed E-state index contributed by atoms with van der Waals surface area (Å²) in [6, 6.07) is 9.13. The number of nitro groups is 1. The van der Waals surface area contributed by atoms with Gasteiger partial charge in [-0.15, -0.1) is 0 Å². The summed E-state index contributed by atoms with van der Waals surface area (Å²) < 4.78 is 0. The van der Waals surface area contributed by atoms with Gasteiger partial charge in [0, 0.05) is 6.07 Å². The lowest BCUT2D eigenvalue weighted by atomic mass is 9.86. The Morgan fingerprint density at radius 2 is 2.05 bits per heavy atom. The first kappa shape index (κ1) is 13.2. The third kappa shape index (κ3) is 1.81. The molecular weight excluding hydrogens is 276 g/mol. The second-order valence-electron chi connectivity index (χ2n) is 5.88. The molecule has 22 heavy (non-hydrogen) atoms. The highest BCUT2D eigenvalue weighted by atomic mass is 16.6. The predicted octanol–water partition coefficient (Wildman–Crippen LogP) is 1.79. The average molecular weight is 292 g/mol. The van der Waals surface area contributed by atoms with E-state index in [4.69, 9.17) is 5.73 Å². The van der Waals surface area contributed by atoms with Crippen LogP contribution in [0.25, 0.3) is 12.2 Å². The number of benzene rings is 2. The Hall–Kier alpha value is -2.46. The zero-order valence-electron chi connectivity index (χ0n) is 12.1. The van der Waals surface area contributed by atoms with Crippen LogP contribution in [0.4, 0.5) is 5.69 Å². The van der Waals surface area contributed by atoms with E-state index in [2.05, 4.69) is 18.2 Å².